The van der Waals surface area contributed by atoms with E-state index in [4.69, 9.17) is 14.9 Å². The molecule has 0 radical (unpaired) electrons. The van der Waals surface area contributed by atoms with Crippen molar-refractivity contribution in [2.45, 2.75) is 38.6 Å². The molecular formula is C18H22N2O3S. The first-order valence-electron chi connectivity index (χ1n) is 7.86. The number of nitrogens with two attached hydrogens (primary N) is 1. The average molecular weight is 346 g/mol. The monoisotopic (exact) mass is 346 g/mol. The number of ether oxygens (including phenoxy) is 1. The predicted octanol–water partition coefficient (Wildman–Crippen LogP) is 3.62. The summed E-state index contributed by atoms with van der Waals surface area (Å²) in [6, 6.07) is 7.78. The molecule has 5 nitrogen and oxygen atoms in total. The molecule has 1 aromatic heterocycles. The van der Waals surface area contributed by atoms with Gasteiger partial charge in [-0.1, -0.05) is 0 Å². The van der Waals surface area contributed by atoms with Gasteiger partial charge in [0.2, 0.25) is 5.91 Å². The van der Waals surface area contributed by atoms with Crippen LogP contribution in [0.1, 0.15) is 26.5 Å². The van der Waals surface area contributed by atoms with E-state index in [1.807, 2.05) is 56.1 Å². The lowest BCUT2D eigenvalue weighted by atomic mass is 10.0. The Morgan fingerprint density at radius 1 is 1.42 bits per heavy atom. The lowest BCUT2D eigenvalue weighted by Crippen LogP contribution is -2.52. The van der Waals surface area contributed by atoms with E-state index < -0.39 is 5.54 Å². The summed E-state index contributed by atoms with van der Waals surface area (Å²) in [5, 5.41) is 1.17. The molecule has 2 N–H and O–H groups in total. The first kappa shape index (κ1) is 16.8. The molecule has 1 unspecified atom stereocenters. The van der Waals surface area contributed by atoms with Gasteiger partial charge in [0, 0.05) is 16.5 Å². The Bertz CT molecular complexity index is 810. The van der Waals surface area contributed by atoms with Gasteiger partial charge in [-0.3, -0.25) is 4.79 Å². The predicted molar refractivity (Wildman–Crippen MR) is 96.7 cm³/mol. The van der Waals surface area contributed by atoms with Crippen LogP contribution in [0.3, 0.4) is 0 Å². The van der Waals surface area contributed by atoms with Crippen LogP contribution in [0, 0.1) is 6.92 Å². The van der Waals surface area contributed by atoms with Crippen LogP contribution in [0.15, 0.2) is 39.8 Å². The highest BCUT2D eigenvalue weighted by Gasteiger charge is 2.37. The fourth-order valence-electron chi connectivity index (χ4n) is 2.78. The summed E-state index contributed by atoms with van der Waals surface area (Å²) in [7, 11) is 0. The van der Waals surface area contributed by atoms with Gasteiger partial charge in [0.15, 0.2) is 0 Å². The summed E-state index contributed by atoms with van der Waals surface area (Å²) in [5.74, 6) is 1.34. The quantitative estimate of drug-likeness (QED) is 0.895. The third-order valence-corrected chi connectivity index (χ3v) is 5.33. The van der Waals surface area contributed by atoms with Gasteiger partial charge in [0.25, 0.3) is 0 Å². The number of carbonyl (C=O) groups excluding carboxylic acids is 1. The molecule has 0 fully saturated rings. The van der Waals surface area contributed by atoms with Crippen LogP contribution < -0.4 is 10.5 Å². The number of carbonyl (C=O) groups is 1. The number of hydrogen-bond acceptors (Lipinski definition) is 5. The third-order valence-electron chi connectivity index (χ3n) is 4.24. The molecule has 0 saturated heterocycles. The molecule has 24 heavy (non-hydrogen) atoms. The summed E-state index contributed by atoms with van der Waals surface area (Å²) < 4.78 is 11.5. The van der Waals surface area contributed by atoms with E-state index in [0.29, 0.717) is 6.61 Å². The zero-order valence-corrected chi connectivity index (χ0v) is 15.1. The number of fused-ring (bicyclic) bond motifs is 1. The summed E-state index contributed by atoms with van der Waals surface area (Å²) in [4.78, 5) is 14.7. The zero-order valence-electron chi connectivity index (χ0n) is 14.3. The molecule has 3 rings (SSSR count). The second-order valence-electron chi connectivity index (χ2n) is 6.49. The van der Waals surface area contributed by atoms with Crippen molar-refractivity contribution in [2.75, 3.05) is 6.61 Å². The second kappa shape index (κ2) is 6.09. The number of nitrogens with zero attached hydrogens (tertiary/aromatic N) is 1. The van der Waals surface area contributed by atoms with E-state index >= 15 is 0 Å². The number of benzene rings is 1. The van der Waals surface area contributed by atoms with Gasteiger partial charge in [-0.2, -0.15) is 0 Å². The standard InChI is InChI=1S/C18H22N2O3S/c1-11-7-13-8-14(5-6-16(13)23-11)22-10-15-9-20(12(2)24-15)18(3,4)17(19)21/h5-9,12H,10H2,1-4H3,(H2,19,21). The first-order chi connectivity index (χ1) is 11.3. The Hall–Kier alpha value is -2.08. The van der Waals surface area contributed by atoms with Crippen LogP contribution in [0.4, 0.5) is 0 Å². The van der Waals surface area contributed by atoms with Gasteiger partial charge in [-0.25, -0.2) is 0 Å². The Morgan fingerprint density at radius 3 is 2.88 bits per heavy atom. The molecule has 128 valence electrons. The van der Waals surface area contributed by atoms with Gasteiger partial charge < -0.3 is 19.8 Å². The number of furan rings is 1. The Morgan fingerprint density at radius 2 is 2.17 bits per heavy atom. The molecule has 1 aromatic carbocycles. The number of amides is 1. The van der Waals surface area contributed by atoms with E-state index in [9.17, 15) is 4.79 Å². The molecule has 0 saturated carbocycles. The molecule has 6 heteroatoms. The molecule has 2 aromatic rings. The van der Waals surface area contributed by atoms with Crippen molar-refractivity contribution < 1.29 is 13.9 Å². The third kappa shape index (κ3) is 3.11. The van der Waals surface area contributed by atoms with Crippen LogP contribution in [0.2, 0.25) is 0 Å². The molecule has 0 aliphatic carbocycles. The van der Waals surface area contributed by atoms with E-state index in [2.05, 4.69) is 6.92 Å². The van der Waals surface area contributed by atoms with Crippen LogP contribution in [-0.2, 0) is 4.79 Å². The Balaban J connectivity index is 1.70. The Labute approximate surface area is 145 Å². The smallest absolute Gasteiger partial charge is 0.242 e. The van der Waals surface area contributed by atoms with Crippen molar-refractivity contribution >= 4 is 28.6 Å². The summed E-state index contributed by atoms with van der Waals surface area (Å²) in [6.07, 6.45) is 1.97. The van der Waals surface area contributed by atoms with E-state index in [1.54, 1.807) is 11.8 Å². The summed E-state index contributed by atoms with van der Waals surface area (Å²) in [5.41, 5.74) is 5.66. The second-order valence-corrected chi connectivity index (χ2v) is 7.93. The minimum atomic E-state index is -0.721. The number of rotatable bonds is 5. The van der Waals surface area contributed by atoms with E-state index in [1.165, 1.54) is 0 Å². The zero-order chi connectivity index (χ0) is 17.5. The highest BCUT2D eigenvalue weighted by Crippen LogP contribution is 2.37. The van der Waals surface area contributed by atoms with Crippen molar-refractivity contribution in [2.24, 2.45) is 5.73 Å². The van der Waals surface area contributed by atoms with Gasteiger partial charge >= 0.3 is 0 Å². The van der Waals surface area contributed by atoms with Gasteiger partial charge in [0.05, 0.1) is 5.37 Å². The van der Waals surface area contributed by atoms with Crippen LogP contribution in [-0.4, -0.2) is 28.3 Å². The maximum Gasteiger partial charge on any atom is 0.242 e. The van der Waals surface area contributed by atoms with E-state index in [0.717, 1.165) is 27.4 Å². The van der Waals surface area contributed by atoms with Crippen molar-refractivity contribution in [1.82, 2.24) is 4.90 Å². The van der Waals surface area contributed by atoms with Gasteiger partial charge in [-0.05, 0) is 52.0 Å². The molecule has 0 bridgehead atoms. The fourth-order valence-corrected chi connectivity index (χ4v) is 3.96. The van der Waals surface area contributed by atoms with Gasteiger partial charge in [0.1, 0.15) is 29.2 Å². The highest BCUT2D eigenvalue weighted by atomic mass is 32.2. The minimum Gasteiger partial charge on any atom is -0.488 e. The topological polar surface area (TPSA) is 68.7 Å². The van der Waals surface area contributed by atoms with Crippen LogP contribution in [0.5, 0.6) is 5.75 Å². The maximum absolute atomic E-state index is 11.7. The number of primary amides is 1. The largest absolute Gasteiger partial charge is 0.488 e. The van der Waals surface area contributed by atoms with E-state index in [-0.39, 0.29) is 11.3 Å². The molecule has 1 aliphatic heterocycles. The molecule has 1 atom stereocenters. The fraction of sp³-hybridized carbons (Fsp3) is 0.389. The van der Waals surface area contributed by atoms with Crippen LogP contribution in [0.25, 0.3) is 11.0 Å². The average Bonchev–Trinajstić information content (AvgIpc) is 3.06. The maximum atomic E-state index is 11.7. The number of hydrogen-bond donors (Lipinski definition) is 1. The summed E-state index contributed by atoms with van der Waals surface area (Å²) in [6.45, 7) is 8.11. The normalized spacial score (nSPS) is 18.1. The lowest BCUT2D eigenvalue weighted by molar-refractivity contribution is -0.127. The van der Waals surface area contributed by atoms with Crippen molar-refractivity contribution in [3.05, 3.63) is 41.1 Å². The Kier molecular flexibility index (Phi) is 4.25. The highest BCUT2D eigenvalue weighted by molar-refractivity contribution is 8.03. The van der Waals surface area contributed by atoms with Gasteiger partial charge in [-0.15, -0.1) is 11.8 Å². The first-order valence-corrected chi connectivity index (χ1v) is 8.74. The van der Waals surface area contributed by atoms with Crippen molar-refractivity contribution in [1.29, 1.82) is 0 Å². The van der Waals surface area contributed by atoms with Crippen molar-refractivity contribution in [3.8, 4) is 5.75 Å². The lowest BCUT2D eigenvalue weighted by Gasteiger charge is -2.35. The van der Waals surface area contributed by atoms with Crippen molar-refractivity contribution in [3.63, 3.8) is 0 Å². The molecule has 0 spiro atoms. The minimum absolute atomic E-state index is 0.144. The number of thioether (sulfide) groups is 1. The number of aryl methyl sites for hydroxylation is 1. The molecule has 1 amide bonds. The molecule has 2 heterocycles. The van der Waals surface area contributed by atoms with Crippen LogP contribution >= 0.6 is 11.8 Å². The molecular weight excluding hydrogens is 324 g/mol. The summed E-state index contributed by atoms with van der Waals surface area (Å²) >= 11 is 1.68. The molecule has 1 aliphatic rings. The SMILES string of the molecule is Cc1cc2cc(OCC3=CN(C(C)(C)C(N)=O)C(C)S3)ccc2o1.